The van der Waals surface area contributed by atoms with Crippen molar-refractivity contribution in [3.8, 4) is 0 Å². The van der Waals surface area contributed by atoms with Crippen LogP contribution in [0.5, 0.6) is 0 Å². The Labute approximate surface area is 115 Å². The number of nitrogens with two attached hydrogens (primary N) is 2. The van der Waals surface area contributed by atoms with E-state index in [1.807, 2.05) is 5.43 Å². The van der Waals surface area contributed by atoms with Crippen LogP contribution in [0.4, 0.5) is 5.95 Å². The Morgan fingerprint density at radius 2 is 2.05 bits per heavy atom. The predicted octanol–water partition coefficient (Wildman–Crippen LogP) is -1.12. The van der Waals surface area contributed by atoms with Crippen LogP contribution in [0.25, 0.3) is 11.0 Å². The molecule has 0 saturated carbocycles. The van der Waals surface area contributed by atoms with Gasteiger partial charge in [-0.05, 0) is 12.1 Å². The second-order valence-corrected chi connectivity index (χ2v) is 6.16. The number of aromatic nitrogens is 2. The molecule has 2 aromatic rings. The van der Waals surface area contributed by atoms with Crippen LogP contribution in [-0.2, 0) is 10.2 Å². The molecule has 5 N–H and O–H groups in total. The molecule has 0 aliphatic heterocycles. The van der Waals surface area contributed by atoms with Gasteiger partial charge >= 0.3 is 10.2 Å². The number of hydrogen-bond acceptors (Lipinski definition) is 6. The number of carbonyl (C=O) groups excluding carboxylic acids is 1. The van der Waals surface area contributed by atoms with E-state index in [2.05, 4.69) is 4.98 Å². The first-order valence-corrected chi connectivity index (χ1v) is 6.91. The summed E-state index contributed by atoms with van der Waals surface area (Å²) in [6, 6.07) is 4.51. The van der Waals surface area contributed by atoms with Crippen molar-refractivity contribution in [2.45, 2.75) is 0 Å². The summed E-state index contributed by atoms with van der Waals surface area (Å²) in [6.07, 6.45) is 0. The highest BCUT2D eigenvalue weighted by molar-refractivity contribution is 7.87. The molecule has 0 aliphatic rings. The van der Waals surface area contributed by atoms with E-state index in [9.17, 15) is 13.2 Å². The molecule has 9 nitrogen and oxygen atoms in total. The second-order valence-electron chi connectivity index (χ2n) is 4.17. The maximum Gasteiger partial charge on any atom is 0.310 e. The molecule has 0 aliphatic carbocycles. The molecule has 1 amide bonds. The molecule has 1 aromatic heterocycles. The number of para-hydroxylation sites is 1. The second kappa shape index (κ2) is 4.74. The van der Waals surface area contributed by atoms with E-state index in [-0.39, 0.29) is 22.5 Å². The first kappa shape index (κ1) is 14.2. The van der Waals surface area contributed by atoms with Crippen molar-refractivity contribution in [3.63, 3.8) is 0 Å². The average molecular weight is 298 g/mol. The molecule has 0 saturated heterocycles. The SMILES string of the molecule is CN(C)S(=O)(=O)n1c(N)nc2c(C(=O)NN)cccc21. The fourth-order valence-corrected chi connectivity index (χ4v) is 2.76. The number of imidazole rings is 1. The molecule has 0 unspecified atom stereocenters. The Morgan fingerprint density at radius 1 is 1.40 bits per heavy atom. The van der Waals surface area contributed by atoms with Gasteiger partial charge in [0.05, 0.1) is 11.1 Å². The van der Waals surface area contributed by atoms with Crippen molar-refractivity contribution in [1.82, 2.24) is 18.7 Å². The minimum Gasteiger partial charge on any atom is -0.368 e. The molecular weight excluding hydrogens is 284 g/mol. The van der Waals surface area contributed by atoms with Gasteiger partial charge in [0.2, 0.25) is 5.95 Å². The minimum atomic E-state index is -3.84. The standard InChI is InChI=1S/C10H14N6O3S/c1-15(2)20(18,19)16-7-5-3-4-6(9(17)14-12)8(7)13-10(16)11/h3-5H,12H2,1-2H3,(H2,11,13)(H,14,17). The van der Waals surface area contributed by atoms with Gasteiger partial charge in [-0.25, -0.2) is 10.8 Å². The van der Waals surface area contributed by atoms with Crippen molar-refractivity contribution < 1.29 is 13.2 Å². The summed E-state index contributed by atoms with van der Waals surface area (Å²) in [6.45, 7) is 0. The first-order valence-electron chi connectivity index (χ1n) is 5.51. The van der Waals surface area contributed by atoms with Crippen molar-refractivity contribution in [2.75, 3.05) is 19.8 Å². The summed E-state index contributed by atoms with van der Waals surface area (Å²) in [7, 11) is -1.10. The fourth-order valence-electron chi connectivity index (χ4n) is 1.76. The van der Waals surface area contributed by atoms with E-state index in [0.717, 1.165) is 8.28 Å². The van der Waals surface area contributed by atoms with Crippen LogP contribution in [0.15, 0.2) is 18.2 Å². The minimum absolute atomic E-state index is 0.143. The van der Waals surface area contributed by atoms with E-state index in [0.29, 0.717) is 0 Å². The third kappa shape index (κ3) is 1.99. The van der Waals surface area contributed by atoms with Crippen molar-refractivity contribution >= 4 is 33.1 Å². The third-order valence-corrected chi connectivity index (χ3v) is 4.50. The quantitative estimate of drug-likeness (QED) is 0.373. The smallest absolute Gasteiger partial charge is 0.310 e. The molecular formula is C10H14N6O3S. The van der Waals surface area contributed by atoms with Crippen LogP contribution >= 0.6 is 0 Å². The van der Waals surface area contributed by atoms with Crippen LogP contribution in [0.3, 0.4) is 0 Å². The highest BCUT2D eigenvalue weighted by atomic mass is 32.2. The summed E-state index contributed by atoms with van der Waals surface area (Å²) in [5, 5.41) is 0. The zero-order valence-electron chi connectivity index (χ0n) is 10.9. The highest BCUT2D eigenvalue weighted by Crippen LogP contribution is 2.24. The third-order valence-electron chi connectivity index (χ3n) is 2.74. The number of hydrazine groups is 1. The summed E-state index contributed by atoms with van der Waals surface area (Å²) in [4.78, 5) is 15.6. The lowest BCUT2D eigenvalue weighted by molar-refractivity contribution is 0.0955. The number of fused-ring (bicyclic) bond motifs is 1. The number of anilines is 1. The molecule has 2 rings (SSSR count). The van der Waals surface area contributed by atoms with Gasteiger partial charge in [0.1, 0.15) is 5.52 Å². The van der Waals surface area contributed by atoms with Gasteiger partial charge in [-0.3, -0.25) is 10.2 Å². The van der Waals surface area contributed by atoms with Crippen LogP contribution in [0, 0.1) is 0 Å². The largest absolute Gasteiger partial charge is 0.368 e. The molecule has 108 valence electrons. The van der Waals surface area contributed by atoms with Gasteiger partial charge in [0.25, 0.3) is 5.91 Å². The molecule has 20 heavy (non-hydrogen) atoms. The van der Waals surface area contributed by atoms with Crippen molar-refractivity contribution in [2.24, 2.45) is 5.84 Å². The topological polar surface area (TPSA) is 136 Å². The Bertz CT molecular complexity index is 780. The number of nitrogen functional groups attached to an aromatic ring is 2. The van der Waals surface area contributed by atoms with E-state index >= 15 is 0 Å². The predicted molar refractivity (Wildman–Crippen MR) is 73.8 cm³/mol. The average Bonchev–Trinajstić information content (AvgIpc) is 2.73. The monoisotopic (exact) mass is 298 g/mol. The normalized spacial score (nSPS) is 12.0. The maximum absolute atomic E-state index is 12.2. The van der Waals surface area contributed by atoms with Gasteiger partial charge in [-0.1, -0.05) is 6.07 Å². The molecule has 1 aromatic carbocycles. The van der Waals surface area contributed by atoms with Crippen LogP contribution in [-0.4, -0.2) is 41.7 Å². The summed E-state index contributed by atoms with van der Waals surface area (Å²) in [5.74, 6) is 4.27. The van der Waals surface area contributed by atoms with Gasteiger partial charge in [0.15, 0.2) is 0 Å². The first-order chi connectivity index (χ1) is 9.30. The number of rotatable bonds is 3. The van der Waals surface area contributed by atoms with E-state index in [1.54, 1.807) is 0 Å². The number of nitrogens with one attached hydrogen (secondary N) is 1. The van der Waals surface area contributed by atoms with Crippen LogP contribution in [0.2, 0.25) is 0 Å². The Hall–Kier alpha value is -2.17. The van der Waals surface area contributed by atoms with E-state index in [4.69, 9.17) is 11.6 Å². The van der Waals surface area contributed by atoms with E-state index < -0.39 is 16.1 Å². The lowest BCUT2D eigenvalue weighted by Gasteiger charge is -2.13. The van der Waals surface area contributed by atoms with Crippen LogP contribution in [0.1, 0.15) is 10.4 Å². The Balaban J connectivity index is 2.84. The number of amides is 1. The Kier molecular flexibility index (Phi) is 3.38. The maximum atomic E-state index is 12.2. The molecule has 0 radical (unpaired) electrons. The zero-order valence-corrected chi connectivity index (χ0v) is 11.7. The molecule has 0 atom stereocenters. The molecule has 0 spiro atoms. The van der Waals surface area contributed by atoms with Crippen LogP contribution < -0.4 is 17.0 Å². The highest BCUT2D eigenvalue weighted by Gasteiger charge is 2.25. The summed E-state index contributed by atoms with van der Waals surface area (Å²) < 4.78 is 26.3. The molecule has 0 bridgehead atoms. The molecule has 1 heterocycles. The number of benzene rings is 1. The van der Waals surface area contributed by atoms with Crippen molar-refractivity contribution in [3.05, 3.63) is 23.8 Å². The van der Waals surface area contributed by atoms with Gasteiger partial charge < -0.3 is 5.73 Å². The van der Waals surface area contributed by atoms with Crippen molar-refractivity contribution in [1.29, 1.82) is 0 Å². The lowest BCUT2D eigenvalue weighted by Crippen LogP contribution is -2.30. The molecule has 0 fully saturated rings. The number of hydrogen-bond donors (Lipinski definition) is 3. The van der Waals surface area contributed by atoms with Gasteiger partial charge in [-0.2, -0.15) is 16.7 Å². The number of carbonyl (C=O) groups is 1. The van der Waals surface area contributed by atoms with E-state index in [1.165, 1.54) is 32.3 Å². The summed E-state index contributed by atoms with van der Waals surface area (Å²) in [5.41, 5.74) is 8.16. The lowest BCUT2D eigenvalue weighted by atomic mass is 10.2. The fraction of sp³-hybridized carbons (Fsp3) is 0.200. The number of nitrogens with zero attached hydrogens (tertiary/aromatic N) is 3. The molecule has 10 heteroatoms. The van der Waals surface area contributed by atoms with Gasteiger partial charge in [0, 0.05) is 14.1 Å². The Morgan fingerprint density at radius 3 is 2.60 bits per heavy atom. The summed E-state index contributed by atoms with van der Waals surface area (Å²) >= 11 is 0. The zero-order chi connectivity index (χ0) is 15.1. The van der Waals surface area contributed by atoms with Gasteiger partial charge in [-0.15, -0.1) is 0 Å².